The van der Waals surface area contributed by atoms with Crippen molar-refractivity contribution in [2.75, 3.05) is 13.1 Å². The summed E-state index contributed by atoms with van der Waals surface area (Å²) in [6, 6.07) is 16.0. The van der Waals surface area contributed by atoms with Crippen molar-refractivity contribution in [3.8, 4) is 0 Å². The number of fused-ring (bicyclic) bond motifs is 2. The van der Waals surface area contributed by atoms with Crippen molar-refractivity contribution in [1.82, 2.24) is 4.90 Å². The SMILES string of the molecule is CCCCCCCCCCN(Cc1c2ccccc2c(Cl)c2ccccc12)C(=O)[C@@H](N)CCCCN. The number of rotatable bonds is 16. The van der Waals surface area contributed by atoms with Crippen molar-refractivity contribution in [2.24, 2.45) is 11.5 Å². The second-order valence-corrected chi connectivity index (χ2v) is 10.4. The van der Waals surface area contributed by atoms with E-state index in [9.17, 15) is 4.79 Å². The highest BCUT2D eigenvalue weighted by atomic mass is 35.5. The predicted octanol–water partition coefficient (Wildman–Crippen LogP) is 7.57. The van der Waals surface area contributed by atoms with Crippen LogP contribution in [0.1, 0.15) is 83.1 Å². The first kappa shape index (κ1) is 28.4. The fourth-order valence-corrected chi connectivity index (χ4v) is 5.43. The third-order valence-electron chi connectivity index (χ3n) is 7.21. The molecular formula is C31H44ClN3O. The van der Waals surface area contributed by atoms with Gasteiger partial charge in [-0.1, -0.05) is 118 Å². The number of carbonyl (C=O) groups excluding carboxylic acids is 1. The van der Waals surface area contributed by atoms with Crippen LogP contribution >= 0.6 is 11.6 Å². The summed E-state index contributed by atoms with van der Waals surface area (Å²) in [6.07, 6.45) is 12.3. The summed E-state index contributed by atoms with van der Waals surface area (Å²) < 4.78 is 0. The molecule has 0 aliphatic carbocycles. The van der Waals surface area contributed by atoms with E-state index in [2.05, 4.69) is 31.2 Å². The predicted molar refractivity (Wildman–Crippen MR) is 155 cm³/mol. The molecule has 0 aliphatic rings. The number of nitrogens with zero attached hydrogens (tertiary/aromatic N) is 1. The van der Waals surface area contributed by atoms with Crippen LogP contribution in [0.15, 0.2) is 48.5 Å². The number of halogens is 1. The Morgan fingerprint density at radius 1 is 0.806 bits per heavy atom. The van der Waals surface area contributed by atoms with Gasteiger partial charge in [0.15, 0.2) is 0 Å². The number of carbonyl (C=O) groups is 1. The van der Waals surface area contributed by atoms with Crippen LogP contribution < -0.4 is 11.5 Å². The molecule has 3 aromatic carbocycles. The van der Waals surface area contributed by atoms with E-state index < -0.39 is 6.04 Å². The smallest absolute Gasteiger partial charge is 0.239 e. The fraction of sp³-hybridized carbons (Fsp3) is 0.516. The highest BCUT2D eigenvalue weighted by Gasteiger charge is 2.23. The van der Waals surface area contributed by atoms with Gasteiger partial charge in [-0.3, -0.25) is 4.79 Å². The monoisotopic (exact) mass is 509 g/mol. The largest absolute Gasteiger partial charge is 0.337 e. The molecule has 4 nitrogen and oxygen atoms in total. The Labute approximate surface area is 222 Å². The lowest BCUT2D eigenvalue weighted by molar-refractivity contribution is -0.133. The van der Waals surface area contributed by atoms with Gasteiger partial charge in [0.25, 0.3) is 0 Å². The van der Waals surface area contributed by atoms with Crippen LogP contribution in [-0.4, -0.2) is 29.9 Å². The number of nitrogens with two attached hydrogens (primary N) is 2. The lowest BCUT2D eigenvalue weighted by atomic mass is 9.95. The third-order valence-corrected chi connectivity index (χ3v) is 7.61. The Kier molecular flexibility index (Phi) is 12.0. The molecule has 0 aliphatic heterocycles. The summed E-state index contributed by atoms with van der Waals surface area (Å²) in [4.78, 5) is 15.6. The average Bonchev–Trinajstić information content (AvgIpc) is 2.91. The maximum absolute atomic E-state index is 13.6. The van der Waals surface area contributed by atoms with Gasteiger partial charge in [0.2, 0.25) is 5.91 Å². The fourth-order valence-electron chi connectivity index (χ4n) is 5.10. The zero-order chi connectivity index (χ0) is 25.8. The second-order valence-electron chi connectivity index (χ2n) is 10.0. The maximum atomic E-state index is 13.6. The number of unbranched alkanes of at least 4 members (excludes halogenated alkanes) is 8. The van der Waals surface area contributed by atoms with Gasteiger partial charge in [-0.25, -0.2) is 0 Å². The van der Waals surface area contributed by atoms with Gasteiger partial charge in [-0.2, -0.15) is 0 Å². The van der Waals surface area contributed by atoms with E-state index in [4.69, 9.17) is 23.1 Å². The van der Waals surface area contributed by atoms with Crippen molar-refractivity contribution in [1.29, 1.82) is 0 Å². The van der Waals surface area contributed by atoms with E-state index in [0.29, 0.717) is 19.5 Å². The Balaban J connectivity index is 1.81. The van der Waals surface area contributed by atoms with Crippen LogP contribution in [0.25, 0.3) is 21.5 Å². The standard InChI is InChI=1S/C31H44ClN3O/c1-2-3-4-5-6-7-8-15-22-35(31(36)29(34)20-13-14-21-33)23-28-24-16-9-11-18-26(24)30(32)27-19-12-10-17-25(27)28/h9-12,16-19,29H,2-8,13-15,20-23,33-34H2,1H3/t29-/m0/s1. The number of hydrogen-bond acceptors (Lipinski definition) is 3. The zero-order valence-electron chi connectivity index (χ0n) is 22.0. The maximum Gasteiger partial charge on any atom is 0.239 e. The minimum absolute atomic E-state index is 0.0399. The van der Waals surface area contributed by atoms with Crippen LogP contribution in [0.4, 0.5) is 0 Å². The molecule has 5 heteroatoms. The first-order valence-electron chi connectivity index (χ1n) is 13.9. The third kappa shape index (κ3) is 7.68. The van der Waals surface area contributed by atoms with Crippen LogP contribution in [0, 0.1) is 0 Å². The quantitative estimate of drug-likeness (QED) is 0.154. The Hall–Kier alpha value is -2.14. The minimum Gasteiger partial charge on any atom is -0.337 e. The summed E-state index contributed by atoms with van der Waals surface area (Å²) in [7, 11) is 0. The molecule has 0 heterocycles. The summed E-state index contributed by atoms with van der Waals surface area (Å²) in [6.45, 7) is 4.15. The molecule has 0 fully saturated rings. The zero-order valence-corrected chi connectivity index (χ0v) is 22.7. The highest BCUT2D eigenvalue weighted by Crippen LogP contribution is 2.36. The van der Waals surface area contributed by atoms with E-state index in [1.54, 1.807) is 0 Å². The van der Waals surface area contributed by atoms with Gasteiger partial charge in [-0.15, -0.1) is 0 Å². The molecule has 4 N–H and O–H groups in total. The van der Waals surface area contributed by atoms with Gasteiger partial charge < -0.3 is 16.4 Å². The molecule has 0 unspecified atom stereocenters. The van der Waals surface area contributed by atoms with E-state index >= 15 is 0 Å². The van der Waals surface area contributed by atoms with Crippen LogP contribution in [0.3, 0.4) is 0 Å². The highest BCUT2D eigenvalue weighted by molar-refractivity contribution is 6.41. The normalized spacial score (nSPS) is 12.3. The van der Waals surface area contributed by atoms with Gasteiger partial charge in [0.1, 0.15) is 0 Å². The molecular weight excluding hydrogens is 466 g/mol. The van der Waals surface area contributed by atoms with Crippen LogP contribution in [0.5, 0.6) is 0 Å². The molecule has 36 heavy (non-hydrogen) atoms. The summed E-state index contributed by atoms with van der Waals surface area (Å²) in [5.74, 6) is 0.0399. The van der Waals surface area contributed by atoms with Gasteiger partial charge >= 0.3 is 0 Å². The summed E-state index contributed by atoms with van der Waals surface area (Å²) in [5, 5.41) is 5.03. The molecule has 1 amide bonds. The van der Waals surface area contributed by atoms with Crippen LogP contribution in [-0.2, 0) is 11.3 Å². The number of benzene rings is 3. The molecule has 196 valence electrons. The Morgan fingerprint density at radius 2 is 1.33 bits per heavy atom. The lowest BCUT2D eigenvalue weighted by Crippen LogP contribution is -2.44. The lowest BCUT2D eigenvalue weighted by Gasteiger charge is -2.27. The molecule has 3 rings (SSSR count). The van der Waals surface area contributed by atoms with Crippen molar-refractivity contribution in [3.63, 3.8) is 0 Å². The molecule has 0 saturated carbocycles. The summed E-state index contributed by atoms with van der Waals surface area (Å²) >= 11 is 6.82. The number of amides is 1. The van der Waals surface area contributed by atoms with Gasteiger partial charge in [-0.05, 0) is 42.1 Å². The van der Waals surface area contributed by atoms with Crippen molar-refractivity contribution >= 4 is 39.1 Å². The molecule has 3 aromatic rings. The average molecular weight is 510 g/mol. The minimum atomic E-state index is -0.490. The van der Waals surface area contributed by atoms with E-state index in [-0.39, 0.29) is 5.91 Å². The first-order chi connectivity index (χ1) is 17.6. The Morgan fingerprint density at radius 3 is 1.89 bits per heavy atom. The van der Waals surface area contributed by atoms with E-state index in [0.717, 1.165) is 64.4 Å². The molecule has 0 radical (unpaired) electrons. The van der Waals surface area contributed by atoms with Crippen LogP contribution in [0.2, 0.25) is 5.02 Å². The molecule has 0 spiro atoms. The second kappa shape index (κ2) is 15.2. The first-order valence-corrected chi connectivity index (χ1v) is 14.3. The van der Waals surface area contributed by atoms with Crippen molar-refractivity contribution in [3.05, 3.63) is 59.1 Å². The van der Waals surface area contributed by atoms with Crippen molar-refractivity contribution in [2.45, 2.75) is 90.1 Å². The van der Waals surface area contributed by atoms with Gasteiger partial charge in [0, 0.05) is 23.9 Å². The number of hydrogen-bond donors (Lipinski definition) is 2. The topological polar surface area (TPSA) is 72.3 Å². The Bertz CT molecular complexity index is 1040. The molecule has 0 saturated heterocycles. The van der Waals surface area contributed by atoms with Crippen molar-refractivity contribution < 1.29 is 4.79 Å². The van der Waals surface area contributed by atoms with E-state index in [1.807, 2.05) is 29.2 Å². The van der Waals surface area contributed by atoms with Gasteiger partial charge in [0.05, 0.1) is 11.1 Å². The molecule has 1 atom stereocenters. The summed E-state index contributed by atoms with van der Waals surface area (Å²) in [5.41, 5.74) is 13.2. The van der Waals surface area contributed by atoms with E-state index in [1.165, 1.54) is 38.5 Å². The molecule has 0 aromatic heterocycles. The molecule has 0 bridgehead atoms.